The lowest BCUT2D eigenvalue weighted by atomic mass is 10.0. The maximum atomic E-state index is 5.67. The molecule has 0 fully saturated rings. The predicted molar refractivity (Wildman–Crippen MR) is 70.7 cm³/mol. The van der Waals surface area contributed by atoms with Crippen LogP contribution in [0.2, 0.25) is 0 Å². The molecule has 1 aromatic carbocycles. The van der Waals surface area contributed by atoms with E-state index < -0.39 is 0 Å². The van der Waals surface area contributed by atoms with Gasteiger partial charge in [-0.15, -0.1) is 11.6 Å². The van der Waals surface area contributed by atoms with Gasteiger partial charge in [0.15, 0.2) is 0 Å². The number of hydrogen-bond donors (Lipinski definition) is 0. The summed E-state index contributed by atoms with van der Waals surface area (Å²) in [7, 11) is 0. The van der Waals surface area contributed by atoms with Gasteiger partial charge in [0.1, 0.15) is 0 Å². The highest BCUT2D eigenvalue weighted by Gasteiger charge is 1.98. The Kier molecular flexibility index (Phi) is 3.58. The number of hydrogen-bond acceptors (Lipinski definition) is 1. The molecule has 2 heteroatoms. The number of benzene rings is 1. The number of fused-ring (bicyclic) bond motifs is 1. The number of pyridine rings is 1. The summed E-state index contributed by atoms with van der Waals surface area (Å²) < 4.78 is 0. The predicted octanol–water partition coefficient (Wildman–Crippen LogP) is 4.27. The van der Waals surface area contributed by atoms with Crippen LogP contribution in [-0.2, 0) is 0 Å². The van der Waals surface area contributed by atoms with Gasteiger partial charge in [-0.25, -0.2) is 0 Å². The van der Waals surface area contributed by atoms with Crippen molar-refractivity contribution in [3.8, 4) is 0 Å². The van der Waals surface area contributed by atoms with Gasteiger partial charge in [-0.3, -0.25) is 4.98 Å². The molecule has 1 heterocycles. The molecular formula is C14H14ClN. The Bertz CT molecular complexity index is 517. The summed E-state index contributed by atoms with van der Waals surface area (Å²) >= 11 is 5.67. The van der Waals surface area contributed by atoms with Crippen molar-refractivity contribution in [1.82, 2.24) is 4.98 Å². The fraction of sp³-hybridized carbons (Fsp3) is 0.214. The molecule has 0 aliphatic carbocycles. The molecule has 0 N–H and O–H groups in total. The zero-order chi connectivity index (χ0) is 11.4. The Labute approximate surface area is 101 Å². The molecule has 82 valence electrons. The second-order valence-corrected chi connectivity index (χ2v) is 4.15. The van der Waals surface area contributed by atoms with Gasteiger partial charge < -0.3 is 0 Å². The van der Waals surface area contributed by atoms with Gasteiger partial charge in [-0.05, 0) is 36.6 Å². The number of alkyl halides is 1. The molecule has 0 unspecified atom stereocenters. The zero-order valence-electron chi connectivity index (χ0n) is 9.28. The molecule has 1 aromatic heterocycles. The summed E-state index contributed by atoms with van der Waals surface area (Å²) in [5.41, 5.74) is 3.52. The molecule has 0 saturated carbocycles. The molecule has 0 bridgehead atoms. The summed E-state index contributed by atoms with van der Waals surface area (Å²) in [5, 5.41) is 1.18. The minimum atomic E-state index is 0.670. The standard InChI is InChI=1S/C14H14ClN/c1-11(4-2-8-15)13-7-6-12-5-3-9-16-14(12)10-13/h3-7,9-10H,2,8H2,1H3/b11-4-. The van der Waals surface area contributed by atoms with Gasteiger partial charge in [0.2, 0.25) is 0 Å². The first kappa shape index (κ1) is 11.2. The van der Waals surface area contributed by atoms with Crippen molar-refractivity contribution in [2.24, 2.45) is 0 Å². The van der Waals surface area contributed by atoms with Crippen molar-refractivity contribution in [2.45, 2.75) is 13.3 Å². The van der Waals surface area contributed by atoms with E-state index in [4.69, 9.17) is 11.6 Å². The van der Waals surface area contributed by atoms with E-state index in [2.05, 4.69) is 42.2 Å². The van der Waals surface area contributed by atoms with Gasteiger partial charge in [-0.2, -0.15) is 0 Å². The highest BCUT2D eigenvalue weighted by molar-refractivity contribution is 6.17. The lowest BCUT2D eigenvalue weighted by Crippen LogP contribution is -1.83. The van der Waals surface area contributed by atoms with Gasteiger partial charge in [-0.1, -0.05) is 24.3 Å². The minimum Gasteiger partial charge on any atom is -0.256 e. The van der Waals surface area contributed by atoms with Crippen molar-refractivity contribution in [3.63, 3.8) is 0 Å². The van der Waals surface area contributed by atoms with Crippen LogP contribution < -0.4 is 0 Å². The van der Waals surface area contributed by atoms with Crippen LogP contribution >= 0.6 is 11.6 Å². The zero-order valence-corrected chi connectivity index (χ0v) is 10.0. The third-order valence-electron chi connectivity index (χ3n) is 2.62. The van der Waals surface area contributed by atoms with E-state index in [1.165, 1.54) is 16.5 Å². The SMILES string of the molecule is C/C(=C/CCCl)c1ccc2cccnc2c1. The van der Waals surface area contributed by atoms with Crippen molar-refractivity contribution in [2.75, 3.05) is 5.88 Å². The highest BCUT2D eigenvalue weighted by atomic mass is 35.5. The van der Waals surface area contributed by atoms with Crippen LogP contribution in [-0.4, -0.2) is 10.9 Å². The normalized spacial score (nSPS) is 12.0. The van der Waals surface area contributed by atoms with E-state index in [9.17, 15) is 0 Å². The van der Waals surface area contributed by atoms with E-state index in [0.29, 0.717) is 5.88 Å². The molecule has 2 aromatic rings. The van der Waals surface area contributed by atoms with E-state index in [1.807, 2.05) is 12.3 Å². The molecule has 1 nitrogen and oxygen atoms in total. The van der Waals surface area contributed by atoms with Crippen LogP contribution in [0.4, 0.5) is 0 Å². The first-order chi connectivity index (χ1) is 7.81. The highest BCUT2D eigenvalue weighted by Crippen LogP contribution is 2.19. The first-order valence-corrected chi connectivity index (χ1v) is 5.92. The Hall–Kier alpha value is -1.34. The number of halogens is 1. The molecule has 0 atom stereocenters. The van der Waals surface area contributed by atoms with Gasteiger partial charge in [0.05, 0.1) is 5.52 Å². The molecular weight excluding hydrogens is 218 g/mol. The Morgan fingerprint density at radius 1 is 1.38 bits per heavy atom. The molecule has 0 radical (unpaired) electrons. The second-order valence-electron chi connectivity index (χ2n) is 3.78. The van der Waals surface area contributed by atoms with E-state index >= 15 is 0 Å². The number of nitrogens with zero attached hydrogens (tertiary/aromatic N) is 1. The lowest BCUT2D eigenvalue weighted by molar-refractivity contribution is 1.23. The van der Waals surface area contributed by atoms with Gasteiger partial charge in [0, 0.05) is 17.5 Å². The van der Waals surface area contributed by atoms with Crippen LogP contribution in [0, 0.1) is 0 Å². The topological polar surface area (TPSA) is 12.9 Å². The quantitative estimate of drug-likeness (QED) is 0.719. The third-order valence-corrected chi connectivity index (χ3v) is 2.84. The van der Waals surface area contributed by atoms with Crippen molar-refractivity contribution >= 4 is 28.1 Å². The monoisotopic (exact) mass is 231 g/mol. The Balaban J connectivity index is 2.39. The maximum Gasteiger partial charge on any atom is 0.0708 e. The van der Waals surface area contributed by atoms with E-state index in [0.717, 1.165) is 11.9 Å². The summed E-state index contributed by atoms with van der Waals surface area (Å²) in [6.07, 6.45) is 4.90. The van der Waals surface area contributed by atoms with E-state index in [-0.39, 0.29) is 0 Å². The molecule has 0 aliphatic rings. The van der Waals surface area contributed by atoms with E-state index in [1.54, 1.807) is 0 Å². The smallest absolute Gasteiger partial charge is 0.0708 e. The van der Waals surface area contributed by atoms with Crippen molar-refractivity contribution < 1.29 is 0 Å². The summed E-state index contributed by atoms with van der Waals surface area (Å²) in [6, 6.07) is 10.4. The average molecular weight is 232 g/mol. The summed E-state index contributed by atoms with van der Waals surface area (Å²) in [5.74, 6) is 0.670. The molecule has 0 saturated heterocycles. The summed E-state index contributed by atoms with van der Waals surface area (Å²) in [4.78, 5) is 4.35. The summed E-state index contributed by atoms with van der Waals surface area (Å²) in [6.45, 7) is 2.11. The Morgan fingerprint density at radius 2 is 2.25 bits per heavy atom. The molecule has 0 spiro atoms. The number of allylic oxidation sites excluding steroid dienone is 2. The third kappa shape index (κ3) is 2.42. The van der Waals surface area contributed by atoms with Crippen LogP contribution in [0.3, 0.4) is 0 Å². The van der Waals surface area contributed by atoms with Crippen LogP contribution in [0.25, 0.3) is 16.5 Å². The van der Waals surface area contributed by atoms with Crippen LogP contribution in [0.5, 0.6) is 0 Å². The van der Waals surface area contributed by atoms with Crippen LogP contribution in [0.15, 0.2) is 42.6 Å². The fourth-order valence-electron chi connectivity index (χ4n) is 1.70. The fourth-order valence-corrected chi connectivity index (χ4v) is 1.81. The van der Waals surface area contributed by atoms with Crippen molar-refractivity contribution in [1.29, 1.82) is 0 Å². The van der Waals surface area contributed by atoms with Gasteiger partial charge in [0.25, 0.3) is 0 Å². The van der Waals surface area contributed by atoms with Crippen LogP contribution in [0.1, 0.15) is 18.9 Å². The molecule has 0 amide bonds. The largest absolute Gasteiger partial charge is 0.256 e. The molecule has 0 aliphatic heterocycles. The maximum absolute atomic E-state index is 5.67. The molecule has 2 rings (SSSR count). The average Bonchev–Trinajstić information content (AvgIpc) is 2.35. The number of aromatic nitrogens is 1. The van der Waals surface area contributed by atoms with Crippen molar-refractivity contribution in [3.05, 3.63) is 48.2 Å². The lowest BCUT2D eigenvalue weighted by Gasteiger charge is -2.03. The molecule has 16 heavy (non-hydrogen) atoms. The minimum absolute atomic E-state index is 0.670. The second kappa shape index (κ2) is 5.13. The first-order valence-electron chi connectivity index (χ1n) is 5.39. The van der Waals surface area contributed by atoms with Gasteiger partial charge >= 0.3 is 0 Å². The Morgan fingerprint density at radius 3 is 3.06 bits per heavy atom. The number of rotatable bonds is 3.